The van der Waals surface area contributed by atoms with Crippen molar-refractivity contribution in [2.45, 2.75) is 26.2 Å². The van der Waals surface area contributed by atoms with Crippen LogP contribution in [0.5, 0.6) is 5.75 Å². The first kappa shape index (κ1) is 20.8. The fraction of sp³-hybridized carbons (Fsp3) is 0.200. The number of benzene rings is 2. The van der Waals surface area contributed by atoms with Gasteiger partial charge in [-0.15, -0.1) is 0 Å². The Kier molecular flexibility index (Phi) is 6.52. The molecule has 0 saturated heterocycles. The molecule has 142 valence electrons. The standard InChI is InChI=1S/C20H18Cl2O5/c1-10(2)13-5-11(3-4-18(13)23)6-14-16(21)8-12(9-17(14)22)7-15(19(24)25)20(26)27/h3-5,7-10,23H,6H2,1-2H3,(H,24,25)(H,26,27). The summed E-state index contributed by atoms with van der Waals surface area (Å²) in [6, 6.07) is 8.22. The monoisotopic (exact) mass is 408 g/mol. The van der Waals surface area contributed by atoms with Gasteiger partial charge >= 0.3 is 11.9 Å². The predicted molar refractivity (Wildman–Crippen MR) is 105 cm³/mol. The van der Waals surface area contributed by atoms with E-state index in [1.807, 2.05) is 19.9 Å². The number of halogens is 2. The highest BCUT2D eigenvalue weighted by Gasteiger charge is 2.17. The lowest BCUT2D eigenvalue weighted by atomic mass is 9.96. The van der Waals surface area contributed by atoms with E-state index in [1.54, 1.807) is 12.1 Å². The first-order valence-electron chi connectivity index (χ1n) is 8.08. The Balaban J connectivity index is 2.41. The zero-order valence-corrected chi connectivity index (χ0v) is 16.2. The fourth-order valence-corrected chi connectivity index (χ4v) is 3.27. The van der Waals surface area contributed by atoms with E-state index in [0.717, 1.165) is 17.2 Å². The van der Waals surface area contributed by atoms with E-state index in [9.17, 15) is 14.7 Å². The maximum atomic E-state index is 11.0. The van der Waals surface area contributed by atoms with Gasteiger partial charge in [0, 0.05) is 16.5 Å². The minimum absolute atomic E-state index is 0.147. The van der Waals surface area contributed by atoms with Crippen LogP contribution in [0.2, 0.25) is 10.0 Å². The van der Waals surface area contributed by atoms with Crippen molar-refractivity contribution in [3.05, 3.63) is 68.2 Å². The Morgan fingerprint density at radius 2 is 1.59 bits per heavy atom. The van der Waals surface area contributed by atoms with E-state index in [1.165, 1.54) is 12.1 Å². The second kappa shape index (κ2) is 8.46. The molecule has 0 aromatic heterocycles. The molecule has 0 amide bonds. The van der Waals surface area contributed by atoms with E-state index in [4.69, 9.17) is 33.4 Å². The van der Waals surface area contributed by atoms with Gasteiger partial charge in [-0.25, -0.2) is 9.59 Å². The molecule has 0 unspecified atom stereocenters. The normalized spacial score (nSPS) is 10.7. The van der Waals surface area contributed by atoms with Crippen LogP contribution in [0.25, 0.3) is 6.08 Å². The lowest BCUT2D eigenvalue weighted by molar-refractivity contribution is -0.140. The Morgan fingerprint density at radius 3 is 2.07 bits per heavy atom. The zero-order valence-electron chi connectivity index (χ0n) is 14.7. The van der Waals surface area contributed by atoms with Crippen molar-refractivity contribution in [1.29, 1.82) is 0 Å². The lowest BCUT2D eigenvalue weighted by Crippen LogP contribution is -2.10. The smallest absolute Gasteiger partial charge is 0.343 e. The largest absolute Gasteiger partial charge is 0.508 e. The third-order valence-electron chi connectivity index (χ3n) is 4.03. The molecule has 0 heterocycles. The number of carbonyl (C=O) groups is 2. The molecular weight excluding hydrogens is 391 g/mol. The molecule has 0 atom stereocenters. The van der Waals surface area contributed by atoms with Gasteiger partial charge in [0.2, 0.25) is 0 Å². The van der Waals surface area contributed by atoms with Crippen molar-refractivity contribution < 1.29 is 24.9 Å². The number of aliphatic carboxylic acids is 2. The summed E-state index contributed by atoms with van der Waals surface area (Å²) in [5.74, 6) is -2.73. The summed E-state index contributed by atoms with van der Waals surface area (Å²) in [4.78, 5) is 22.0. The van der Waals surface area contributed by atoms with Crippen LogP contribution >= 0.6 is 23.2 Å². The van der Waals surface area contributed by atoms with Gasteiger partial charge < -0.3 is 15.3 Å². The van der Waals surface area contributed by atoms with Crippen LogP contribution in [-0.4, -0.2) is 27.3 Å². The first-order valence-corrected chi connectivity index (χ1v) is 8.83. The molecule has 0 aliphatic rings. The number of rotatable bonds is 6. The molecular formula is C20H18Cl2O5. The van der Waals surface area contributed by atoms with Gasteiger partial charge in [0.1, 0.15) is 11.3 Å². The van der Waals surface area contributed by atoms with E-state index < -0.39 is 17.5 Å². The summed E-state index contributed by atoms with van der Waals surface area (Å²) in [6.07, 6.45) is 1.41. The molecule has 0 bridgehead atoms. The average Bonchev–Trinajstić information content (AvgIpc) is 2.56. The van der Waals surface area contributed by atoms with Crippen LogP contribution in [0.4, 0.5) is 0 Å². The Hall–Kier alpha value is -2.50. The highest BCUT2D eigenvalue weighted by atomic mass is 35.5. The van der Waals surface area contributed by atoms with Crippen molar-refractivity contribution in [2.75, 3.05) is 0 Å². The molecule has 0 fully saturated rings. The molecule has 0 saturated carbocycles. The van der Waals surface area contributed by atoms with Crippen LogP contribution in [-0.2, 0) is 16.0 Å². The molecule has 2 aromatic rings. The lowest BCUT2D eigenvalue weighted by Gasteiger charge is -2.13. The molecule has 2 aromatic carbocycles. The summed E-state index contributed by atoms with van der Waals surface area (Å²) in [6.45, 7) is 3.95. The van der Waals surface area contributed by atoms with Crippen molar-refractivity contribution >= 4 is 41.2 Å². The molecule has 0 aliphatic heterocycles. The maximum absolute atomic E-state index is 11.0. The number of carboxylic acids is 2. The summed E-state index contributed by atoms with van der Waals surface area (Å²) in [5.41, 5.74) is 1.84. The van der Waals surface area contributed by atoms with E-state index in [2.05, 4.69) is 0 Å². The van der Waals surface area contributed by atoms with Gasteiger partial charge in [-0.2, -0.15) is 0 Å². The minimum Gasteiger partial charge on any atom is -0.508 e. The number of aromatic hydroxyl groups is 1. The van der Waals surface area contributed by atoms with Crippen molar-refractivity contribution in [3.63, 3.8) is 0 Å². The van der Waals surface area contributed by atoms with Gasteiger partial charge in [0.05, 0.1) is 0 Å². The van der Waals surface area contributed by atoms with Crippen molar-refractivity contribution in [1.82, 2.24) is 0 Å². The summed E-state index contributed by atoms with van der Waals surface area (Å²) >= 11 is 12.6. The van der Waals surface area contributed by atoms with Gasteiger partial charge in [-0.3, -0.25) is 0 Å². The number of phenols is 1. The van der Waals surface area contributed by atoms with Gasteiger partial charge in [0.25, 0.3) is 0 Å². The third kappa shape index (κ3) is 5.02. The quantitative estimate of drug-likeness (QED) is 0.356. The van der Waals surface area contributed by atoms with Crippen molar-refractivity contribution in [2.24, 2.45) is 0 Å². The second-order valence-electron chi connectivity index (χ2n) is 6.36. The van der Waals surface area contributed by atoms with Crippen LogP contribution in [0.15, 0.2) is 35.9 Å². The Morgan fingerprint density at radius 1 is 1.04 bits per heavy atom. The predicted octanol–water partition coefficient (Wildman–Crippen LogP) is 4.97. The van der Waals surface area contributed by atoms with Crippen LogP contribution < -0.4 is 0 Å². The first-order chi connectivity index (χ1) is 12.6. The number of carboxylic acid groups (broad SMARTS) is 2. The molecule has 0 spiro atoms. The molecule has 2 rings (SSSR count). The zero-order chi connectivity index (χ0) is 20.3. The van der Waals surface area contributed by atoms with E-state index >= 15 is 0 Å². The Labute approximate surface area is 166 Å². The van der Waals surface area contributed by atoms with Crippen LogP contribution in [0.3, 0.4) is 0 Å². The van der Waals surface area contributed by atoms with Gasteiger partial charge in [0.15, 0.2) is 0 Å². The highest BCUT2D eigenvalue weighted by molar-refractivity contribution is 6.36. The molecule has 0 aliphatic carbocycles. The fourth-order valence-electron chi connectivity index (χ4n) is 2.64. The van der Waals surface area contributed by atoms with Gasteiger partial charge in [-0.05, 0) is 52.4 Å². The molecule has 0 radical (unpaired) electrons. The summed E-state index contributed by atoms with van der Waals surface area (Å²) in [7, 11) is 0. The highest BCUT2D eigenvalue weighted by Crippen LogP contribution is 2.32. The number of hydrogen-bond donors (Lipinski definition) is 3. The second-order valence-corrected chi connectivity index (χ2v) is 7.17. The SMILES string of the molecule is CC(C)c1cc(Cc2c(Cl)cc(C=C(C(=O)O)C(=O)O)cc2Cl)ccc1O. The van der Waals surface area contributed by atoms with Crippen LogP contribution in [0.1, 0.15) is 42.0 Å². The minimum atomic E-state index is -1.55. The molecule has 5 nitrogen and oxygen atoms in total. The molecule has 7 heteroatoms. The van der Waals surface area contributed by atoms with E-state index in [-0.39, 0.29) is 17.2 Å². The molecule has 27 heavy (non-hydrogen) atoms. The summed E-state index contributed by atoms with van der Waals surface area (Å²) in [5, 5.41) is 28.4. The number of phenolic OH excluding ortho intramolecular Hbond substituents is 1. The van der Waals surface area contributed by atoms with E-state index in [0.29, 0.717) is 22.0 Å². The summed E-state index contributed by atoms with van der Waals surface area (Å²) < 4.78 is 0. The third-order valence-corrected chi connectivity index (χ3v) is 4.70. The van der Waals surface area contributed by atoms with Crippen LogP contribution in [0, 0.1) is 0 Å². The average molecular weight is 409 g/mol. The Bertz CT molecular complexity index is 893. The molecule has 3 N–H and O–H groups in total. The topological polar surface area (TPSA) is 94.8 Å². The number of hydrogen-bond acceptors (Lipinski definition) is 3. The van der Waals surface area contributed by atoms with Crippen molar-refractivity contribution in [3.8, 4) is 5.75 Å². The van der Waals surface area contributed by atoms with Gasteiger partial charge in [-0.1, -0.05) is 49.2 Å². The maximum Gasteiger partial charge on any atom is 0.343 e.